The van der Waals surface area contributed by atoms with Gasteiger partial charge in [-0.05, 0) is 31.0 Å². The number of hydrogen-bond donors (Lipinski definition) is 3. The second kappa shape index (κ2) is 8.08. The second-order valence-electron chi connectivity index (χ2n) is 5.85. The van der Waals surface area contributed by atoms with Crippen LogP contribution in [0.3, 0.4) is 0 Å². The Labute approximate surface area is 141 Å². The lowest BCUT2D eigenvalue weighted by Crippen LogP contribution is -2.34. The summed E-state index contributed by atoms with van der Waals surface area (Å²) in [4.78, 5) is 34.6. The molecule has 1 saturated heterocycles. The van der Waals surface area contributed by atoms with Crippen molar-refractivity contribution in [3.05, 3.63) is 29.8 Å². The Kier molecular flexibility index (Phi) is 6.72. The standard InChI is InChI=1S/C16H21N3O3.ClH/c1-9(10(2)17)15(21)18-13-5-3-11(4-6-13)7-12-8-14(20)19-16(12)22;/h3-6,9-10,12H,7-8,17H2,1-2H3,(H,18,21)(H,19,20,22);1H. The van der Waals surface area contributed by atoms with Crippen molar-refractivity contribution in [3.63, 3.8) is 0 Å². The average molecular weight is 340 g/mol. The second-order valence-corrected chi connectivity index (χ2v) is 5.85. The smallest absolute Gasteiger partial charge is 0.230 e. The van der Waals surface area contributed by atoms with Gasteiger partial charge < -0.3 is 11.1 Å². The van der Waals surface area contributed by atoms with E-state index in [9.17, 15) is 14.4 Å². The van der Waals surface area contributed by atoms with Crippen LogP contribution in [-0.2, 0) is 20.8 Å². The highest BCUT2D eigenvalue weighted by molar-refractivity contribution is 6.03. The molecule has 0 saturated carbocycles. The van der Waals surface area contributed by atoms with E-state index in [1.54, 1.807) is 26.0 Å². The maximum atomic E-state index is 11.9. The zero-order valence-electron chi connectivity index (χ0n) is 13.2. The number of imide groups is 1. The zero-order chi connectivity index (χ0) is 16.3. The van der Waals surface area contributed by atoms with Crippen LogP contribution >= 0.6 is 12.4 Å². The van der Waals surface area contributed by atoms with Crippen molar-refractivity contribution in [2.75, 3.05) is 5.32 Å². The lowest BCUT2D eigenvalue weighted by Gasteiger charge is -2.15. The van der Waals surface area contributed by atoms with Gasteiger partial charge in [0.05, 0.1) is 11.8 Å². The first-order valence-corrected chi connectivity index (χ1v) is 7.36. The van der Waals surface area contributed by atoms with Gasteiger partial charge in [0.15, 0.2) is 0 Å². The molecule has 1 fully saturated rings. The SMILES string of the molecule is CC(N)C(C)C(=O)Nc1ccc(CC2CC(=O)NC2=O)cc1.Cl. The number of amides is 3. The molecule has 1 aliphatic heterocycles. The molecule has 3 atom stereocenters. The van der Waals surface area contributed by atoms with Gasteiger partial charge in [0.25, 0.3) is 0 Å². The van der Waals surface area contributed by atoms with E-state index < -0.39 is 0 Å². The molecule has 1 aromatic carbocycles. The minimum Gasteiger partial charge on any atom is -0.327 e. The summed E-state index contributed by atoms with van der Waals surface area (Å²) >= 11 is 0. The Balaban J connectivity index is 0.00000264. The molecule has 1 aliphatic rings. The number of hydrogen-bond acceptors (Lipinski definition) is 4. The van der Waals surface area contributed by atoms with E-state index in [-0.39, 0.29) is 54.4 Å². The van der Waals surface area contributed by atoms with Gasteiger partial charge in [0.1, 0.15) is 0 Å². The maximum Gasteiger partial charge on any atom is 0.230 e. The van der Waals surface area contributed by atoms with Crippen LogP contribution in [0.2, 0.25) is 0 Å². The molecule has 1 aromatic rings. The van der Waals surface area contributed by atoms with Crippen molar-refractivity contribution in [2.24, 2.45) is 17.6 Å². The molecule has 7 heteroatoms. The van der Waals surface area contributed by atoms with Crippen molar-refractivity contribution in [3.8, 4) is 0 Å². The fraction of sp³-hybridized carbons (Fsp3) is 0.438. The fourth-order valence-electron chi connectivity index (χ4n) is 2.28. The predicted molar refractivity (Wildman–Crippen MR) is 90.1 cm³/mol. The van der Waals surface area contributed by atoms with E-state index in [1.807, 2.05) is 12.1 Å². The van der Waals surface area contributed by atoms with E-state index >= 15 is 0 Å². The molecule has 3 amide bonds. The third-order valence-electron chi connectivity index (χ3n) is 3.97. The van der Waals surface area contributed by atoms with E-state index in [0.29, 0.717) is 12.1 Å². The highest BCUT2D eigenvalue weighted by Gasteiger charge is 2.30. The number of benzene rings is 1. The molecule has 0 aromatic heterocycles. The van der Waals surface area contributed by atoms with Gasteiger partial charge in [-0.1, -0.05) is 19.1 Å². The van der Waals surface area contributed by atoms with E-state index in [0.717, 1.165) is 5.56 Å². The Hall–Kier alpha value is -1.92. The molecule has 6 nitrogen and oxygen atoms in total. The predicted octanol–water partition coefficient (Wildman–Crippen LogP) is 1.24. The number of nitrogens with two attached hydrogens (primary N) is 1. The topological polar surface area (TPSA) is 101 Å². The quantitative estimate of drug-likeness (QED) is 0.702. The zero-order valence-corrected chi connectivity index (χ0v) is 14.0. The minimum absolute atomic E-state index is 0. The van der Waals surface area contributed by atoms with Crippen LogP contribution in [0, 0.1) is 11.8 Å². The summed E-state index contributed by atoms with van der Waals surface area (Å²) in [7, 11) is 0. The van der Waals surface area contributed by atoms with Crippen molar-refractivity contribution in [1.29, 1.82) is 0 Å². The van der Waals surface area contributed by atoms with Crippen LogP contribution < -0.4 is 16.4 Å². The van der Waals surface area contributed by atoms with Crippen LogP contribution in [0.5, 0.6) is 0 Å². The van der Waals surface area contributed by atoms with Gasteiger partial charge >= 0.3 is 0 Å². The molecule has 0 aliphatic carbocycles. The van der Waals surface area contributed by atoms with Crippen LogP contribution in [0.15, 0.2) is 24.3 Å². The Morgan fingerprint density at radius 2 is 1.91 bits per heavy atom. The maximum absolute atomic E-state index is 11.9. The van der Waals surface area contributed by atoms with Crippen molar-refractivity contribution < 1.29 is 14.4 Å². The van der Waals surface area contributed by atoms with Gasteiger partial charge in [-0.25, -0.2) is 0 Å². The van der Waals surface area contributed by atoms with Crippen molar-refractivity contribution in [1.82, 2.24) is 5.32 Å². The largest absolute Gasteiger partial charge is 0.327 e. The lowest BCUT2D eigenvalue weighted by molar-refractivity contribution is -0.126. The molecule has 0 bridgehead atoms. The van der Waals surface area contributed by atoms with Gasteiger partial charge in [0.2, 0.25) is 17.7 Å². The number of halogens is 1. The van der Waals surface area contributed by atoms with Crippen LogP contribution in [0.4, 0.5) is 5.69 Å². The summed E-state index contributed by atoms with van der Waals surface area (Å²) in [6.45, 7) is 3.57. The third-order valence-corrected chi connectivity index (χ3v) is 3.97. The molecule has 3 unspecified atom stereocenters. The molecule has 0 radical (unpaired) electrons. The van der Waals surface area contributed by atoms with Gasteiger partial charge in [-0.3, -0.25) is 19.7 Å². The summed E-state index contributed by atoms with van der Waals surface area (Å²) < 4.78 is 0. The van der Waals surface area contributed by atoms with Crippen molar-refractivity contribution >= 4 is 35.8 Å². The van der Waals surface area contributed by atoms with E-state index in [4.69, 9.17) is 5.73 Å². The van der Waals surface area contributed by atoms with E-state index in [1.165, 1.54) is 0 Å². The third kappa shape index (κ3) is 5.04. The fourth-order valence-corrected chi connectivity index (χ4v) is 2.28. The first-order chi connectivity index (χ1) is 10.4. The minimum atomic E-state index is -0.300. The highest BCUT2D eigenvalue weighted by atomic mass is 35.5. The number of rotatable bonds is 5. The first kappa shape index (κ1) is 19.1. The summed E-state index contributed by atoms with van der Waals surface area (Å²) in [5.74, 6) is -1.13. The number of carbonyl (C=O) groups is 3. The summed E-state index contributed by atoms with van der Waals surface area (Å²) in [5, 5.41) is 5.11. The molecule has 126 valence electrons. The first-order valence-electron chi connectivity index (χ1n) is 7.36. The highest BCUT2D eigenvalue weighted by Crippen LogP contribution is 2.19. The molecule has 2 rings (SSSR count). The van der Waals surface area contributed by atoms with E-state index in [2.05, 4.69) is 10.6 Å². The van der Waals surface area contributed by atoms with Crippen LogP contribution in [0.25, 0.3) is 0 Å². The van der Waals surface area contributed by atoms with Gasteiger partial charge in [0, 0.05) is 18.2 Å². The normalized spacial score (nSPS) is 19.5. The molecule has 1 heterocycles. The van der Waals surface area contributed by atoms with Gasteiger partial charge in [-0.15, -0.1) is 12.4 Å². The molecular formula is C16H22ClN3O3. The molecular weight excluding hydrogens is 318 g/mol. The number of carbonyl (C=O) groups excluding carboxylic acids is 3. The van der Waals surface area contributed by atoms with Crippen LogP contribution in [0.1, 0.15) is 25.8 Å². The molecule has 23 heavy (non-hydrogen) atoms. The summed E-state index contributed by atoms with van der Waals surface area (Å²) in [5.41, 5.74) is 7.34. The van der Waals surface area contributed by atoms with Crippen LogP contribution in [-0.4, -0.2) is 23.8 Å². The Morgan fingerprint density at radius 3 is 2.39 bits per heavy atom. The van der Waals surface area contributed by atoms with Crippen molar-refractivity contribution in [2.45, 2.75) is 32.7 Å². The molecule has 4 N–H and O–H groups in total. The monoisotopic (exact) mass is 339 g/mol. The molecule has 0 spiro atoms. The van der Waals surface area contributed by atoms with Gasteiger partial charge in [-0.2, -0.15) is 0 Å². The summed E-state index contributed by atoms with van der Waals surface area (Å²) in [6.07, 6.45) is 0.755. The Morgan fingerprint density at radius 1 is 1.30 bits per heavy atom. The number of anilines is 1. The number of nitrogens with one attached hydrogen (secondary N) is 2. The average Bonchev–Trinajstić information content (AvgIpc) is 2.78. The summed E-state index contributed by atoms with van der Waals surface area (Å²) in [6, 6.07) is 7.06. The Bertz CT molecular complexity index is 587. The lowest BCUT2D eigenvalue weighted by atomic mass is 9.97.